The van der Waals surface area contributed by atoms with Crippen LogP contribution in [0, 0.1) is 0 Å². The Hall–Kier alpha value is -6.38. The largest absolute Gasteiger partial charge is 0.310 e. The van der Waals surface area contributed by atoms with Crippen molar-refractivity contribution in [3.05, 3.63) is 194 Å². The van der Waals surface area contributed by atoms with E-state index in [0.717, 1.165) is 44.6 Å². The molecule has 0 spiro atoms. The number of hydrogen-bond donors (Lipinski definition) is 0. The number of anilines is 3. The molecule has 226 valence electrons. The Morgan fingerprint density at radius 3 is 1.96 bits per heavy atom. The molecule has 0 unspecified atom stereocenters. The maximum atomic E-state index is 9.54. The van der Waals surface area contributed by atoms with E-state index in [1.165, 1.54) is 6.07 Å². The quantitative estimate of drug-likeness (QED) is 0.179. The lowest BCUT2D eigenvalue weighted by atomic mass is 9.93. The summed E-state index contributed by atoms with van der Waals surface area (Å²) in [6, 6.07) is 38.7. The molecule has 0 saturated carbocycles. The van der Waals surface area contributed by atoms with E-state index >= 15 is 0 Å². The zero-order valence-corrected chi connectivity index (χ0v) is 25.6. The summed E-state index contributed by atoms with van der Waals surface area (Å²) in [5.74, 6) is 0. The van der Waals surface area contributed by atoms with Crippen LogP contribution < -0.4 is 4.90 Å². The van der Waals surface area contributed by atoms with Gasteiger partial charge in [-0.15, -0.1) is 0 Å². The molecule has 0 saturated heterocycles. The summed E-state index contributed by atoms with van der Waals surface area (Å²) in [4.78, 5) is 2.15. The summed E-state index contributed by atoms with van der Waals surface area (Å²) < 4.78 is 89.3. The van der Waals surface area contributed by atoms with Crippen molar-refractivity contribution in [3.8, 4) is 27.9 Å². The Bertz CT molecular complexity index is 3080. The fourth-order valence-corrected chi connectivity index (χ4v) is 6.53. The van der Waals surface area contributed by atoms with Crippen molar-refractivity contribution in [2.75, 3.05) is 4.90 Å². The molecule has 0 bridgehead atoms. The van der Waals surface area contributed by atoms with Crippen molar-refractivity contribution >= 4 is 49.6 Å². The fraction of sp³-hybridized carbons (Fsp3) is 0. The number of hydrogen-bond acceptors (Lipinski definition) is 1. The molecular weight excluding hydrogens is 581 g/mol. The maximum Gasteiger partial charge on any atom is 0.0636 e. The first-order chi connectivity index (χ1) is 28.0. The molecule has 0 N–H and O–H groups in total. The van der Waals surface area contributed by atoms with Gasteiger partial charge in [-0.2, -0.15) is 0 Å². The lowest BCUT2D eigenvalue weighted by Crippen LogP contribution is -2.10. The zero-order chi connectivity index (χ0) is 40.6. The highest BCUT2D eigenvalue weighted by Gasteiger charge is 2.21. The summed E-state index contributed by atoms with van der Waals surface area (Å²) in [6.45, 7) is 0. The predicted octanol–water partition coefficient (Wildman–Crippen LogP) is 12.7. The second-order valence-electron chi connectivity index (χ2n) is 11.4. The number of benzene rings is 8. The van der Waals surface area contributed by atoms with E-state index < -0.39 is 42.3 Å². The van der Waals surface area contributed by atoms with Gasteiger partial charge < -0.3 is 9.47 Å². The summed E-state index contributed by atoms with van der Waals surface area (Å²) in [5.41, 5.74) is 5.81. The molecule has 48 heavy (non-hydrogen) atoms. The molecule has 0 aliphatic carbocycles. The molecule has 1 aromatic heterocycles. The Labute approximate surface area is 294 Å². The van der Waals surface area contributed by atoms with Crippen LogP contribution in [0.15, 0.2) is 194 Å². The third-order valence-electron chi connectivity index (χ3n) is 8.62. The number of aromatic nitrogens is 1. The van der Waals surface area contributed by atoms with Crippen LogP contribution in [0.1, 0.15) is 13.7 Å². The smallest absolute Gasteiger partial charge is 0.0636 e. The summed E-state index contributed by atoms with van der Waals surface area (Å²) in [5, 5.41) is 2.08. The first-order valence-electron chi connectivity index (χ1n) is 20.6. The first kappa shape index (κ1) is 19.3. The molecule has 2 nitrogen and oxygen atoms in total. The molecule has 0 amide bonds. The van der Waals surface area contributed by atoms with Gasteiger partial charge in [0, 0.05) is 27.8 Å². The third kappa shape index (κ3) is 4.74. The molecule has 0 aliphatic rings. The number of para-hydroxylation sites is 3. The Morgan fingerprint density at radius 1 is 0.458 bits per heavy atom. The minimum absolute atomic E-state index is 0.0258. The number of fused-ring (bicyclic) bond motifs is 4. The van der Waals surface area contributed by atoms with Crippen LogP contribution in [0.2, 0.25) is 0 Å². The maximum absolute atomic E-state index is 9.54. The van der Waals surface area contributed by atoms with Gasteiger partial charge in [-0.3, -0.25) is 0 Å². The summed E-state index contributed by atoms with van der Waals surface area (Å²) >= 11 is 0. The van der Waals surface area contributed by atoms with Crippen LogP contribution in [-0.4, -0.2) is 4.57 Å². The van der Waals surface area contributed by atoms with Crippen molar-refractivity contribution in [2.45, 2.75) is 0 Å². The molecule has 9 aromatic rings. The molecule has 9 rings (SSSR count). The molecule has 8 aromatic carbocycles. The van der Waals surface area contributed by atoms with Gasteiger partial charge in [-0.25, -0.2) is 0 Å². The normalized spacial score (nSPS) is 14.2. The van der Waals surface area contributed by atoms with Crippen LogP contribution in [-0.2, 0) is 0 Å². The number of rotatable bonds is 6. The first-order valence-corrected chi connectivity index (χ1v) is 15.6. The molecule has 2 heteroatoms. The van der Waals surface area contributed by atoms with Crippen molar-refractivity contribution in [2.24, 2.45) is 0 Å². The van der Waals surface area contributed by atoms with Crippen LogP contribution >= 0.6 is 0 Å². The predicted molar refractivity (Wildman–Crippen MR) is 204 cm³/mol. The van der Waals surface area contributed by atoms with Crippen LogP contribution in [0.5, 0.6) is 0 Å². The molecule has 0 atom stereocenters. The highest BCUT2D eigenvalue weighted by molar-refractivity contribution is 6.16. The fourth-order valence-electron chi connectivity index (χ4n) is 6.53. The molecule has 1 heterocycles. The Morgan fingerprint density at radius 2 is 1.15 bits per heavy atom. The van der Waals surface area contributed by atoms with Gasteiger partial charge in [0.1, 0.15) is 0 Å². The third-order valence-corrected chi connectivity index (χ3v) is 8.62. The standard InChI is InChI=1S/C46H32N2/c1-4-15-34(16-5-1)42-32-36(31-35-17-10-11-22-40(35)42)33-27-29-39(30-28-33)47(37-18-6-2-7-19-37)44-25-14-26-45-46(44)41-23-12-13-24-43(41)48(45)38-20-8-3-9-21-38/h1-32H/i1D,4D,5D,10D,11D,15D,16D,17D,31D,32D. The van der Waals surface area contributed by atoms with Gasteiger partial charge in [0.2, 0.25) is 0 Å². The second kappa shape index (κ2) is 11.8. The Kier molecular flexibility index (Phi) is 4.74. The van der Waals surface area contributed by atoms with Crippen molar-refractivity contribution in [1.29, 1.82) is 0 Å². The summed E-state index contributed by atoms with van der Waals surface area (Å²) in [6.07, 6.45) is 0. The van der Waals surface area contributed by atoms with Gasteiger partial charge in [-0.1, -0.05) is 127 Å². The van der Waals surface area contributed by atoms with E-state index in [9.17, 15) is 2.74 Å². The number of nitrogens with zero attached hydrogens (tertiary/aromatic N) is 2. The van der Waals surface area contributed by atoms with Crippen LogP contribution in [0.4, 0.5) is 17.1 Å². The van der Waals surface area contributed by atoms with Gasteiger partial charge >= 0.3 is 0 Å². The van der Waals surface area contributed by atoms with Crippen molar-refractivity contribution < 1.29 is 13.7 Å². The van der Waals surface area contributed by atoms with E-state index in [4.69, 9.17) is 11.0 Å². The average Bonchev–Trinajstić information content (AvgIpc) is 3.59. The lowest BCUT2D eigenvalue weighted by Gasteiger charge is -2.26. The average molecular weight is 623 g/mol. The van der Waals surface area contributed by atoms with Crippen LogP contribution in [0.25, 0.3) is 60.5 Å². The summed E-state index contributed by atoms with van der Waals surface area (Å²) in [7, 11) is 0. The molecule has 0 radical (unpaired) electrons. The van der Waals surface area contributed by atoms with Gasteiger partial charge in [0.15, 0.2) is 0 Å². The Balaban J connectivity index is 1.29. The van der Waals surface area contributed by atoms with E-state index in [-0.39, 0.29) is 45.6 Å². The van der Waals surface area contributed by atoms with Gasteiger partial charge in [-0.05, 0) is 99.7 Å². The molecular formula is C46H32N2. The highest BCUT2D eigenvalue weighted by atomic mass is 15.1. The molecule has 0 aliphatic heterocycles. The zero-order valence-electron chi connectivity index (χ0n) is 35.6. The van der Waals surface area contributed by atoms with Gasteiger partial charge in [0.25, 0.3) is 0 Å². The van der Waals surface area contributed by atoms with E-state index in [2.05, 4.69) is 45.9 Å². The van der Waals surface area contributed by atoms with E-state index in [1.54, 1.807) is 12.1 Å². The molecule has 0 fully saturated rings. The van der Waals surface area contributed by atoms with E-state index in [1.807, 2.05) is 78.9 Å². The second-order valence-corrected chi connectivity index (χ2v) is 11.4. The minimum Gasteiger partial charge on any atom is -0.310 e. The van der Waals surface area contributed by atoms with Crippen molar-refractivity contribution in [1.82, 2.24) is 4.57 Å². The van der Waals surface area contributed by atoms with Crippen LogP contribution in [0.3, 0.4) is 0 Å². The SMILES string of the molecule is [2H]c1cc2c(-c3c([2H])c([2H])c([2H])c([2H])c3[2H])c([2H])c(-c3ccc(N(c4ccccc4)c4cccc5c4c4ccccc4n5-c4ccccc4)cc3)c([2H])c2c([2H])c1[2H]. The minimum atomic E-state index is -0.596. The highest BCUT2D eigenvalue weighted by Crippen LogP contribution is 2.44. The van der Waals surface area contributed by atoms with E-state index in [0.29, 0.717) is 5.56 Å². The topological polar surface area (TPSA) is 8.17 Å². The van der Waals surface area contributed by atoms with Gasteiger partial charge in [0.05, 0.1) is 30.4 Å². The monoisotopic (exact) mass is 622 g/mol. The van der Waals surface area contributed by atoms with Crippen molar-refractivity contribution in [3.63, 3.8) is 0 Å². The lowest BCUT2D eigenvalue weighted by molar-refractivity contribution is 1.18.